The molecule has 5 rings (SSSR count). The summed E-state index contributed by atoms with van der Waals surface area (Å²) in [5.41, 5.74) is 1.41. The lowest BCUT2D eigenvalue weighted by molar-refractivity contribution is 0.0766. The van der Waals surface area contributed by atoms with Crippen LogP contribution in [0, 0.1) is 11.8 Å². The van der Waals surface area contributed by atoms with Gasteiger partial charge in [-0.2, -0.15) is 0 Å². The molecule has 4 saturated heterocycles. The second-order valence-electron chi connectivity index (χ2n) is 8.62. The lowest BCUT2D eigenvalue weighted by atomic mass is 9.82. The molecule has 0 saturated carbocycles. The molecule has 4 fully saturated rings. The van der Waals surface area contributed by atoms with Crippen LogP contribution in [0.3, 0.4) is 0 Å². The van der Waals surface area contributed by atoms with Gasteiger partial charge in [-0.3, -0.25) is 9.89 Å². The summed E-state index contributed by atoms with van der Waals surface area (Å²) in [6.45, 7) is 5.53. The molecule has 1 aromatic carbocycles. The van der Waals surface area contributed by atoms with Crippen LogP contribution in [0.25, 0.3) is 0 Å². The Labute approximate surface area is 162 Å². The Morgan fingerprint density at radius 1 is 1.11 bits per heavy atom. The third-order valence-corrected chi connectivity index (χ3v) is 7.18. The number of rotatable bonds is 4. The molecule has 1 aromatic rings. The Morgan fingerprint density at radius 3 is 2.41 bits per heavy atom. The molecule has 4 heterocycles. The van der Waals surface area contributed by atoms with E-state index in [1.165, 1.54) is 44.3 Å². The molecule has 0 radical (unpaired) electrons. The van der Waals surface area contributed by atoms with Gasteiger partial charge in [-0.25, -0.2) is 0 Å². The molecule has 2 bridgehead atoms. The third kappa shape index (κ3) is 3.25. The minimum Gasteiger partial charge on any atom is -0.374 e. The largest absolute Gasteiger partial charge is 0.374 e. The number of nitrogens with one attached hydrogen (secondary N) is 1. The van der Waals surface area contributed by atoms with Crippen molar-refractivity contribution in [2.45, 2.75) is 43.9 Å². The summed E-state index contributed by atoms with van der Waals surface area (Å²) < 4.78 is 6.13. The van der Waals surface area contributed by atoms with E-state index in [1.54, 1.807) is 0 Å². The van der Waals surface area contributed by atoms with Crippen LogP contribution in [0.2, 0.25) is 0 Å². The first-order chi connectivity index (χ1) is 13.3. The van der Waals surface area contributed by atoms with Gasteiger partial charge in [-0.15, -0.1) is 0 Å². The molecule has 5 nitrogen and oxygen atoms in total. The van der Waals surface area contributed by atoms with Gasteiger partial charge in [-0.1, -0.05) is 30.3 Å². The minimum atomic E-state index is 0.423. The van der Waals surface area contributed by atoms with E-state index < -0.39 is 0 Å². The molecule has 4 aliphatic rings. The average molecular weight is 369 g/mol. The molecule has 146 valence electrons. The quantitative estimate of drug-likeness (QED) is 0.655. The van der Waals surface area contributed by atoms with Gasteiger partial charge in [0, 0.05) is 38.5 Å². The summed E-state index contributed by atoms with van der Waals surface area (Å²) in [5.74, 6) is 2.50. The molecule has 1 N–H and O–H groups in total. The summed E-state index contributed by atoms with van der Waals surface area (Å²) in [5, 5.41) is 3.72. The summed E-state index contributed by atoms with van der Waals surface area (Å²) in [6.07, 6.45) is 6.16. The van der Waals surface area contributed by atoms with E-state index in [4.69, 9.17) is 4.74 Å². The Hall–Kier alpha value is -1.59. The summed E-state index contributed by atoms with van der Waals surface area (Å²) in [4.78, 5) is 9.74. The van der Waals surface area contributed by atoms with Gasteiger partial charge in [0.1, 0.15) is 0 Å². The molecule has 27 heavy (non-hydrogen) atoms. The van der Waals surface area contributed by atoms with Crippen LogP contribution in [-0.4, -0.2) is 67.7 Å². The fourth-order valence-corrected chi connectivity index (χ4v) is 5.84. The predicted octanol–water partition coefficient (Wildman–Crippen LogP) is 2.51. The van der Waals surface area contributed by atoms with Crippen molar-refractivity contribution in [2.75, 3.05) is 39.8 Å². The van der Waals surface area contributed by atoms with E-state index in [0.717, 1.165) is 25.6 Å². The first-order valence-corrected chi connectivity index (χ1v) is 10.7. The molecule has 4 aliphatic heterocycles. The maximum Gasteiger partial charge on any atom is 0.193 e. The molecule has 5 heteroatoms. The summed E-state index contributed by atoms with van der Waals surface area (Å²) in [6, 6.07) is 11.4. The van der Waals surface area contributed by atoms with E-state index in [2.05, 4.69) is 50.4 Å². The highest BCUT2D eigenvalue weighted by atomic mass is 16.5. The van der Waals surface area contributed by atoms with Gasteiger partial charge < -0.3 is 15.0 Å². The first-order valence-electron chi connectivity index (χ1n) is 10.7. The third-order valence-electron chi connectivity index (χ3n) is 7.18. The van der Waals surface area contributed by atoms with Crippen LogP contribution >= 0.6 is 0 Å². The number of ether oxygens (including phenoxy) is 1. The molecule has 5 unspecified atom stereocenters. The average Bonchev–Trinajstić information content (AvgIpc) is 3.48. The Morgan fingerprint density at radius 2 is 1.78 bits per heavy atom. The van der Waals surface area contributed by atoms with Gasteiger partial charge in [-0.05, 0) is 44.3 Å². The van der Waals surface area contributed by atoms with Gasteiger partial charge in [0.15, 0.2) is 5.96 Å². The van der Waals surface area contributed by atoms with Crippen LogP contribution in [0.15, 0.2) is 35.3 Å². The number of likely N-dealkylation sites (tertiary alicyclic amines) is 2. The molecule has 0 aromatic heterocycles. The first kappa shape index (κ1) is 17.5. The highest BCUT2D eigenvalue weighted by Gasteiger charge is 2.53. The second kappa shape index (κ2) is 7.44. The maximum absolute atomic E-state index is 6.13. The normalized spacial score (nSPS) is 34.3. The molecular formula is C22H32N4O. The van der Waals surface area contributed by atoms with Crippen molar-refractivity contribution in [1.82, 2.24) is 15.1 Å². The Kier molecular flexibility index (Phi) is 4.82. The zero-order valence-corrected chi connectivity index (χ0v) is 16.4. The molecule has 0 amide bonds. The van der Waals surface area contributed by atoms with Crippen LogP contribution in [0.1, 0.15) is 37.3 Å². The zero-order chi connectivity index (χ0) is 18.2. The monoisotopic (exact) mass is 368 g/mol. The number of benzene rings is 1. The highest BCUT2D eigenvalue weighted by molar-refractivity contribution is 5.80. The standard InChI is InChI=1S/C22H32N4O/c1-23-22(26-14-17-18(15-26)21-10-9-20(17)27-21)24-13-19(25-11-5-6-12-25)16-7-3-2-4-8-16/h2-4,7-8,17-21H,5-6,9-15H2,1H3,(H,23,24). The van der Waals surface area contributed by atoms with Gasteiger partial charge in [0.2, 0.25) is 0 Å². The number of hydrogen-bond acceptors (Lipinski definition) is 3. The smallest absolute Gasteiger partial charge is 0.193 e. The lowest BCUT2D eigenvalue weighted by Crippen LogP contribution is -2.45. The molecule has 5 atom stereocenters. The molecular weight excluding hydrogens is 336 g/mol. The van der Waals surface area contributed by atoms with Crippen molar-refractivity contribution in [3.05, 3.63) is 35.9 Å². The fraction of sp³-hybridized carbons (Fsp3) is 0.682. The summed E-state index contributed by atoms with van der Waals surface area (Å²) >= 11 is 0. The number of aliphatic imine (C=N–C) groups is 1. The number of fused-ring (bicyclic) bond motifs is 5. The van der Waals surface area contributed by atoms with Crippen LogP contribution in [-0.2, 0) is 4.74 Å². The maximum atomic E-state index is 6.13. The van der Waals surface area contributed by atoms with Crippen molar-refractivity contribution >= 4 is 5.96 Å². The number of guanidine groups is 1. The lowest BCUT2D eigenvalue weighted by Gasteiger charge is -2.30. The topological polar surface area (TPSA) is 40.1 Å². The SMILES string of the molecule is CN=C(NCC(c1ccccc1)N1CCCC1)N1CC2C3CCC(O3)C2C1. The summed E-state index contributed by atoms with van der Waals surface area (Å²) in [7, 11) is 1.93. The Balaban J connectivity index is 1.25. The van der Waals surface area contributed by atoms with E-state index in [-0.39, 0.29) is 0 Å². The molecule has 0 spiro atoms. The Bertz CT molecular complexity index is 654. The van der Waals surface area contributed by atoms with Crippen molar-refractivity contribution < 1.29 is 4.74 Å². The minimum absolute atomic E-state index is 0.423. The second-order valence-corrected chi connectivity index (χ2v) is 8.62. The zero-order valence-electron chi connectivity index (χ0n) is 16.4. The van der Waals surface area contributed by atoms with Crippen LogP contribution < -0.4 is 5.32 Å². The van der Waals surface area contributed by atoms with Crippen molar-refractivity contribution in [3.63, 3.8) is 0 Å². The number of nitrogens with zero attached hydrogens (tertiary/aromatic N) is 3. The van der Waals surface area contributed by atoms with Crippen molar-refractivity contribution in [2.24, 2.45) is 16.8 Å². The van der Waals surface area contributed by atoms with E-state index in [9.17, 15) is 0 Å². The van der Waals surface area contributed by atoms with Crippen LogP contribution in [0.5, 0.6) is 0 Å². The van der Waals surface area contributed by atoms with Gasteiger partial charge >= 0.3 is 0 Å². The van der Waals surface area contributed by atoms with Crippen LogP contribution in [0.4, 0.5) is 0 Å². The van der Waals surface area contributed by atoms with Gasteiger partial charge in [0.25, 0.3) is 0 Å². The fourth-order valence-electron chi connectivity index (χ4n) is 5.84. The van der Waals surface area contributed by atoms with Crippen molar-refractivity contribution in [3.8, 4) is 0 Å². The predicted molar refractivity (Wildman–Crippen MR) is 108 cm³/mol. The van der Waals surface area contributed by atoms with E-state index >= 15 is 0 Å². The van der Waals surface area contributed by atoms with E-state index in [1.807, 2.05) is 7.05 Å². The highest BCUT2D eigenvalue weighted by Crippen LogP contribution is 2.47. The number of hydrogen-bond donors (Lipinski definition) is 1. The van der Waals surface area contributed by atoms with Crippen molar-refractivity contribution in [1.29, 1.82) is 0 Å². The van der Waals surface area contributed by atoms with E-state index in [0.29, 0.717) is 30.1 Å². The van der Waals surface area contributed by atoms with Gasteiger partial charge in [0.05, 0.1) is 18.2 Å². The molecule has 0 aliphatic carbocycles.